The highest BCUT2D eigenvalue weighted by Gasteiger charge is 2.52. The SMILES string of the molecule is CC1(C)C(=O)N(c2cc(Cl)nc(Cl)c2)C(=O)N1Cc1ccccc1Cc1ccccc1. The first-order valence-electron chi connectivity index (χ1n) is 9.87. The molecule has 0 spiro atoms. The zero-order valence-electron chi connectivity index (χ0n) is 17.2. The number of aromatic nitrogens is 1. The van der Waals surface area contributed by atoms with Gasteiger partial charge in [-0.2, -0.15) is 0 Å². The van der Waals surface area contributed by atoms with Crippen molar-refractivity contribution in [3.05, 3.63) is 93.7 Å². The van der Waals surface area contributed by atoms with Crippen molar-refractivity contribution in [1.82, 2.24) is 9.88 Å². The predicted molar refractivity (Wildman–Crippen MR) is 122 cm³/mol. The Morgan fingerprint density at radius 2 is 1.45 bits per heavy atom. The van der Waals surface area contributed by atoms with Gasteiger partial charge in [-0.25, -0.2) is 14.7 Å². The van der Waals surface area contributed by atoms with Crippen LogP contribution in [0.15, 0.2) is 66.7 Å². The molecule has 31 heavy (non-hydrogen) atoms. The minimum Gasteiger partial charge on any atom is -0.305 e. The van der Waals surface area contributed by atoms with Gasteiger partial charge in [0.05, 0.1) is 5.69 Å². The van der Waals surface area contributed by atoms with Crippen LogP contribution in [0.5, 0.6) is 0 Å². The van der Waals surface area contributed by atoms with Crippen molar-refractivity contribution in [2.24, 2.45) is 0 Å². The number of carbonyl (C=O) groups excluding carboxylic acids is 2. The quantitative estimate of drug-likeness (QED) is 0.366. The van der Waals surface area contributed by atoms with E-state index in [2.05, 4.69) is 23.2 Å². The van der Waals surface area contributed by atoms with Crippen LogP contribution in [0.2, 0.25) is 10.3 Å². The Kier molecular flexibility index (Phi) is 5.73. The summed E-state index contributed by atoms with van der Waals surface area (Å²) in [5.41, 5.74) is 2.57. The molecule has 158 valence electrons. The molecule has 1 saturated heterocycles. The molecule has 0 aliphatic carbocycles. The second-order valence-electron chi connectivity index (χ2n) is 7.97. The molecule has 0 saturated carbocycles. The molecular formula is C24H21Cl2N3O2. The molecule has 0 unspecified atom stereocenters. The number of benzene rings is 2. The minimum absolute atomic E-state index is 0.118. The van der Waals surface area contributed by atoms with Gasteiger partial charge in [0.1, 0.15) is 15.8 Å². The first kappa shape index (κ1) is 21.3. The highest BCUT2D eigenvalue weighted by atomic mass is 35.5. The Bertz CT molecular complexity index is 1130. The number of amides is 3. The van der Waals surface area contributed by atoms with E-state index >= 15 is 0 Å². The van der Waals surface area contributed by atoms with Crippen molar-refractivity contribution in [3.63, 3.8) is 0 Å². The molecule has 1 fully saturated rings. The van der Waals surface area contributed by atoms with E-state index in [0.29, 0.717) is 12.2 Å². The van der Waals surface area contributed by atoms with Gasteiger partial charge in [-0.05, 0) is 49.1 Å². The molecule has 1 aromatic heterocycles. The molecule has 0 N–H and O–H groups in total. The number of anilines is 1. The minimum atomic E-state index is -1.03. The van der Waals surface area contributed by atoms with Gasteiger partial charge in [0, 0.05) is 6.54 Å². The van der Waals surface area contributed by atoms with Gasteiger partial charge in [-0.3, -0.25) is 4.79 Å². The van der Waals surface area contributed by atoms with Crippen LogP contribution in [-0.4, -0.2) is 27.4 Å². The number of carbonyl (C=O) groups is 2. The Morgan fingerprint density at radius 3 is 2.10 bits per heavy atom. The van der Waals surface area contributed by atoms with Crippen molar-refractivity contribution in [2.75, 3.05) is 4.90 Å². The lowest BCUT2D eigenvalue weighted by atomic mass is 9.97. The van der Waals surface area contributed by atoms with Crippen LogP contribution >= 0.6 is 23.2 Å². The van der Waals surface area contributed by atoms with E-state index in [1.807, 2.05) is 36.4 Å². The van der Waals surface area contributed by atoms with Crippen LogP contribution in [0.4, 0.5) is 10.5 Å². The van der Waals surface area contributed by atoms with Crippen LogP contribution < -0.4 is 4.90 Å². The third kappa shape index (κ3) is 4.16. The largest absolute Gasteiger partial charge is 0.332 e. The molecule has 0 radical (unpaired) electrons. The molecule has 2 heterocycles. The molecule has 5 nitrogen and oxygen atoms in total. The third-order valence-corrected chi connectivity index (χ3v) is 5.90. The number of urea groups is 1. The number of hydrogen-bond donors (Lipinski definition) is 0. The normalized spacial score (nSPS) is 15.6. The van der Waals surface area contributed by atoms with E-state index in [0.717, 1.165) is 22.4 Å². The number of imide groups is 1. The molecule has 7 heteroatoms. The third-order valence-electron chi connectivity index (χ3n) is 5.51. The van der Waals surface area contributed by atoms with E-state index in [1.165, 1.54) is 17.7 Å². The smallest absolute Gasteiger partial charge is 0.305 e. The van der Waals surface area contributed by atoms with Crippen LogP contribution in [0, 0.1) is 0 Å². The zero-order valence-corrected chi connectivity index (χ0v) is 18.7. The lowest BCUT2D eigenvalue weighted by Gasteiger charge is -2.28. The van der Waals surface area contributed by atoms with Gasteiger partial charge in [-0.15, -0.1) is 0 Å². The van der Waals surface area contributed by atoms with Crippen molar-refractivity contribution in [1.29, 1.82) is 0 Å². The standard InChI is InChI=1S/C24H21Cl2N3O2/c1-24(2)22(30)29(19-13-20(25)27-21(26)14-19)23(31)28(24)15-18-11-7-6-10-17(18)12-16-8-4-3-5-9-16/h3-11,13-14H,12,15H2,1-2H3. The summed E-state index contributed by atoms with van der Waals surface area (Å²) in [6, 6.07) is 20.6. The van der Waals surface area contributed by atoms with E-state index in [9.17, 15) is 9.59 Å². The summed E-state index contributed by atoms with van der Waals surface area (Å²) < 4.78 is 0. The van der Waals surface area contributed by atoms with Crippen LogP contribution in [-0.2, 0) is 17.8 Å². The maximum Gasteiger partial charge on any atom is 0.332 e. The van der Waals surface area contributed by atoms with Crippen LogP contribution in [0.3, 0.4) is 0 Å². The van der Waals surface area contributed by atoms with Gasteiger partial charge in [-0.1, -0.05) is 77.8 Å². The summed E-state index contributed by atoms with van der Waals surface area (Å²) in [4.78, 5) is 33.2. The average molecular weight is 454 g/mol. The van der Waals surface area contributed by atoms with Gasteiger partial charge in [0.2, 0.25) is 0 Å². The van der Waals surface area contributed by atoms with E-state index in [4.69, 9.17) is 23.2 Å². The van der Waals surface area contributed by atoms with Crippen molar-refractivity contribution in [2.45, 2.75) is 32.4 Å². The van der Waals surface area contributed by atoms with E-state index in [1.54, 1.807) is 18.7 Å². The monoisotopic (exact) mass is 453 g/mol. The summed E-state index contributed by atoms with van der Waals surface area (Å²) in [5, 5.41) is 0.236. The number of pyridine rings is 1. The van der Waals surface area contributed by atoms with Crippen molar-refractivity contribution < 1.29 is 9.59 Å². The fourth-order valence-corrected chi connectivity index (χ4v) is 4.23. The predicted octanol–water partition coefficient (Wildman–Crippen LogP) is 5.73. The first-order valence-corrected chi connectivity index (χ1v) is 10.6. The summed E-state index contributed by atoms with van der Waals surface area (Å²) in [7, 11) is 0. The lowest BCUT2D eigenvalue weighted by molar-refractivity contribution is -0.123. The number of halogens is 2. The average Bonchev–Trinajstić information content (AvgIpc) is 2.89. The van der Waals surface area contributed by atoms with Crippen LogP contribution in [0.25, 0.3) is 0 Å². The lowest BCUT2D eigenvalue weighted by Crippen LogP contribution is -2.43. The molecule has 3 amide bonds. The summed E-state index contributed by atoms with van der Waals surface area (Å²) in [5.74, 6) is -0.337. The maximum atomic E-state index is 13.4. The summed E-state index contributed by atoms with van der Waals surface area (Å²) in [6.07, 6.45) is 0.743. The molecular weight excluding hydrogens is 433 g/mol. The van der Waals surface area contributed by atoms with Gasteiger partial charge >= 0.3 is 6.03 Å². The molecule has 0 atom stereocenters. The molecule has 4 rings (SSSR count). The summed E-state index contributed by atoms with van der Waals surface area (Å²) in [6.45, 7) is 3.80. The van der Waals surface area contributed by atoms with Gasteiger partial charge in [0.15, 0.2) is 0 Å². The maximum absolute atomic E-state index is 13.4. The Balaban J connectivity index is 1.66. The Morgan fingerprint density at radius 1 is 0.871 bits per heavy atom. The van der Waals surface area contributed by atoms with Crippen molar-refractivity contribution in [3.8, 4) is 0 Å². The Labute approximate surface area is 191 Å². The Hall–Kier alpha value is -2.89. The topological polar surface area (TPSA) is 53.5 Å². The second kappa shape index (κ2) is 8.33. The van der Waals surface area contributed by atoms with Crippen LogP contribution in [0.1, 0.15) is 30.5 Å². The van der Waals surface area contributed by atoms with Gasteiger partial charge < -0.3 is 4.90 Å². The second-order valence-corrected chi connectivity index (χ2v) is 8.74. The highest BCUT2D eigenvalue weighted by molar-refractivity contribution is 6.33. The number of hydrogen-bond acceptors (Lipinski definition) is 3. The van der Waals surface area contributed by atoms with Gasteiger partial charge in [0.25, 0.3) is 5.91 Å². The molecule has 0 bridgehead atoms. The highest BCUT2D eigenvalue weighted by Crippen LogP contribution is 2.35. The zero-order chi connectivity index (χ0) is 22.2. The number of rotatable bonds is 5. The molecule has 3 aromatic rings. The molecule has 1 aliphatic rings. The molecule has 1 aliphatic heterocycles. The first-order chi connectivity index (χ1) is 14.8. The van der Waals surface area contributed by atoms with E-state index < -0.39 is 11.6 Å². The fourth-order valence-electron chi connectivity index (χ4n) is 3.78. The van der Waals surface area contributed by atoms with E-state index in [-0.39, 0.29) is 16.2 Å². The summed E-state index contributed by atoms with van der Waals surface area (Å²) >= 11 is 12.0. The molecule has 2 aromatic carbocycles. The fraction of sp³-hybridized carbons (Fsp3) is 0.208. The van der Waals surface area contributed by atoms with Crippen molar-refractivity contribution >= 4 is 40.8 Å². The number of nitrogens with zero attached hydrogens (tertiary/aromatic N) is 3.